The van der Waals surface area contributed by atoms with Crippen molar-refractivity contribution in [1.29, 1.82) is 0 Å². The molecule has 0 atom stereocenters. The summed E-state index contributed by atoms with van der Waals surface area (Å²) in [6, 6.07) is 4.90. The van der Waals surface area contributed by atoms with Crippen molar-refractivity contribution < 1.29 is 13.2 Å². The molecule has 2 saturated carbocycles. The number of alkyl halides is 2. The third kappa shape index (κ3) is 6.79. The van der Waals surface area contributed by atoms with E-state index < -0.39 is 6.17 Å². The molecule has 2 fully saturated rings. The lowest BCUT2D eigenvalue weighted by Gasteiger charge is -2.26. The Balaban J connectivity index is 0.000000197. The summed E-state index contributed by atoms with van der Waals surface area (Å²) < 4.78 is 38.1. The maximum atomic E-state index is 13.2. The third-order valence-corrected chi connectivity index (χ3v) is 6.44. The highest BCUT2D eigenvalue weighted by Gasteiger charge is 2.22. The minimum absolute atomic E-state index is 0.110. The van der Waals surface area contributed by atoms with E-state index >= 15 is 0 Å². The molecule has 2 aliphatic carbocycles. The van der Waals surface area contributed by atoms with Gasteiger partial charge in [0.25, 0.3) is 0 Å². The van der Waals surface area contributed by atoms with Crippen LogP contribution in [0, 0.1) is 17.7 Å². The summed E-state index contributed by atoms with van der Waals surface area (Å²) in [7, 11) is 0. The van der Waals surface area contributed by atoms with Gasteiger partial charge in [0.15, 0.2) is 0 Å². The molecule has 0 saturated heterocycles. The van der Waals surface area contributed by atoms with Crippen molar-refractivity contribution in [3.8, 4) is 0 Å². The second kappa shape index (κ2) is 11.2. The first kappa shape index (κ1) is 21.6. The lowest BCUT2D eigenvalue weighted by Crippen LogP contribution is -2.14. The molecule has 0 aromatic heterocycles. The fourth-order valence-corrected chi connectivity index (χ4v) is 4.35. The Morgan fingerprint density at radius 3 is 2.12 bits per heavy atom. The Hall–Kier alpha value is -0.700. The van der Waals surface area contributed by atoms with Crippen molar-refractivity contribution in [2.24, 2.45) is 11.8 Å². The highest BCUT2D eigenvalue weighted by atomic mass is 35.5. The van der Waals surface area contributed by atoms with E-state index in [9.17, 15) is 13.2 Å². The quantitative estimate of drug-likeness (QED) is 0.489. The standard InChI is InChI=1S/C12H13ClF2.C10H19F/c13-11-6-3-9(7-12(11)15)8-1-4-10(14)5-2-8;1-2-9-3-5-10(6-4-9)7-8-11/h3,6-8,10H,1-2,4-5H2;9-10H,2-8H2,1H3. The summed E-state index contributed by atoms with van der Waals surface area (Å²) >= 11 is 5.61. The molecule has 26 heavy (non-hydrogen) atoms. The Bertz CT molecular complexity index is 518. The zero-order valence-electron chi connectivity index (χ0n) is 15.8. The molecule has 3 rings (SSSR count). The summed E-state index contributed by atoms with van der Waals surface area (Å²) in [6.07, 6.45) is 9.53. The molecule has 0 bridgehead atoms. The molecule has 0 N–H and O–H groups in total. The molecule has 0 spiro atoms. The SMILES string of the molecule is CCC1CCC(CCF)CC1.Fc1cc(C2CCC(F)CC2)ccc1Cl. The van der Waals surface area contributed by atoms with Crippen LogP contribution in [0.5, 0.6) is 0 Å². The van der Waals surface area contributed by atoms with Gasteiger partial charge in [-0.05, 0) is 67.6 Å². The van der Waals surface area contributed by atoms with Gasteiger partial charge in [-0.1, -0.05) is 56.7 Å². The molecule has 1 aromatic rings. The van der Waals surface area contributed by atoms with E-state index in [2.05, 4.69) is 6.92 Å². The zero-order valence-corrected chi connectivity index (χ0v) is 16.6. The Morgan fingerprint density at radius 1 is 0.962 bits per heavy atom. The second-order valence-corrected chi connectivity index (χ2v) is 8.30. The summed E-state index contributed by atoms with van der Waals surface area (Å²) in [5.41, 5.74) is 0.948. The van der Waals surface area contributed by atoms with Crippen LogP contribution in [-0.4, -0.2) is 12.8 Å². The van der Waals surface area contributed by atoms with Gasteiger partial charge in [0, 0.05) is 0 Å². The monoisotopic (exact) mass is 388 g/mol. The van der Waals surface area contributed by atoms with Gasteiger partial charge in [-0.2, -0.15) is 0 Å². The molecule has 0 nitrogen and oxygen atoms in total. The van der Waals surface area contributed by atoms with Gasteiger partial charge in [0.2, 0.25) is 0 Å². The van der Waals surface area contributed by atoms with Gasteiger partial charge < -0.3 is 0 Å². The zero-order chi connectivity index (χ0) is 18.9. The first-order valence-corrected chi connectivity index (χ1v) is 10.6. The van der Waals surface area contributed by atoms with E-state index in [4.69, 9.17) is 11.6 Å². The molecular formula is C22H32ClF3. The van der Waals surface area contributed by atoms with Crippen molar-refractivity contribution >= 4 is 11.6 Å². The van der Waals surface area contributed by atoms with Crippen LogP contribution in [0.1, 0.15) is 82.6 Å². The summed E-state index contributed by atoms with van der Waals surface area (Å²) in [5, 5.41) is 0.151. The number of hydrogen-bond donors (Lipinski definition) is 0. The fraction of sp³-hybridized carbons (Fsp3) is 0.727. The van der Waals surface area contributed by atoms with Crippen LogP contribution in [0.2, 0.25) is 5.02 Å². The van der Waals surface area contributed by atoms with Gasteiger partial charge in [-0.3, -0.25) is 4.39 Å². The van der Waals surface area contributed by atoms with Gasteiger partial charge >= 0.3 is 0 Å². The smallest absolute Gasteiger partial charge is 0.142 e. The molecule has 0 radical (unpaired) electrons. The average molecular weight is 389 g/mol. The van der Waals surface area contributed by atoms with Crippen molar-refractivity contribution in [1.82, 2.24) is 0 Å². The summed E-state index contributed by atoms with van der Waals surface area (Å²) in [4.78, 5) is 0. The van der Waals surface area contributed by atoms with Crippen molar-refractivity contribution in [2.45, 2.75) is 83.2 Å². The molecule has 1 aromatic carbocycles. The average Bonchev–Trinajstić information content (AvgIpc) is 2.66. The van der Waals surface area contributed by atoms with Gasteiger partial charge in [0.05, 0.1) is 11.7 Å². The largest absolute Gasteiger partial charge is 0.251 e. The first-order valence-electron chi connectivity index (χ1n) is 10.2. The van der Waals surface area contributed by atoms with Crippen LogP contribution in [0.15, 0.2) is 18.2 Å². The van der Waals surface area contributed by atoms with Gasteiger partial charge in [0.1, 0.15) is 12.0 Å². The highest BCUT2D eigenvalue weighted by molar-refractivity contribution is 6.30. The lowest BCUT2D eigenvalue weighted by atomic mass is 9.80. The summed E-state index contributed by atoms with van der Waals surface area (Å²) in [5.74, 6) is 1.58. The molecule has 4 heteroatoms. The van der Waals surface area contributed by atoms with Crippen LogP contribution in [-0.2, 0) is 0 Å². The molecule has 0 unspecified atom stereocenters. The molecular weight excluding hydrogens is 357 g/mol. The fourth-order valence-electron chi connectivity index (χ4n) is 4.24. The lowest BCUT2D eigenvalue weighted by molar-refractivity contribution is 0.235. The predicted molar refractivity (Wildman–Crippen MR) is 104 cm³/mol. The molecule has 0 heterocycles. The van der Waals surface area contributed by atoms with E-state index in [1.54, 1.807) is 6.07 Å². The van der Waals surface area contributed by atoms with Gasteiger partial charge in [-0.25, -0.2) is 8.78 Å². The first-order chi connectivity index (χ1) is 12.5. The highest BCUT2D eigenvalue weighted by Crippen LogP contribution is 2.35. The van der Waals surface area contributed by atoms with Crippen LogP contribution in [0.3, 0.4) is 0 Å². The maximum absolute atomic E-state index is 13.2. The number of benzene rings is 1. The molecule has 148 valence electrons. The molecule has 2 aliphatic rings. The maximum Gasteiger partial charge on any atom is 0.142 e. The number of rotatable bonds is 4. The van der Waals surface area contributed by atoms with E-state index in [0.29, 0.717) is 24.7 Å². The van der Waals surface area contributed by atoms with Crippen molar-refractivity contribution in [2.75, 3.05) is 6.67 Å². The summed E-state index contributed by atoms with van der Waals surface area (Å²) in [6.45, 7) is 2.15. The normalized spacial score (nSPS) is 29.0. The van der Waals surface area contributed by atoms with E-state index in [0.717, 1.165) is 30.7 Å². The molecule has 0 amide bonds. The van der Waals surface area contributed by atoms with E-state index in [1.807, 2.05) is 6.07 Å². The van der Waals surface area contributed by atoms with Crippen LogP contribution < -0.4 is 0 Å². The van der Waals surface area contributed by atoms with E-state index in [-0.39, 0.29) is 17.5 Å². The minimum atomic E-state index is -0.668. The Kier molecular flexibility index (Phi) is 9.31. The second-order valence-electron chi connectivity index (χ2n) is 7.90. The Labute approximate surface area is 161 Å². The van der Waals surface area contributed by atoms with Crippen LogP contribution in [0.25, 0.3) is 0 Å². The van der Waals surface area contributed by atoms with Crippen LogP contribution in [0.4, 0.5) is 13.2 Å². The van der Waals surface area contributed by atoms with E-state index in [1.165, 1.54) is 38.2 Å². The van der Waals surface area contributed by atoms with Crippen LogP contribution >= 0.6 is 11.6 Å². The topological polar surface area (TPSA) is 0 Å². The molecule has 0 aliphatic heterocycles. The van der Waals surface area contributed by atoms with Crippen molar-refractivity contribution in [3.63, 3.8) is 0 Å². The van der Waals surface area contributed by atoms with Gasteiger partial charge in [-0.15, -0.1) is 0 Å². The number of hydrogen-bond acceptors (Lipinski definition) is 0. The number of halogens is 4. The van der Waals surface area contributed by atoms with Crippen molar-refractivity contribution in [3.05, 3.63) is 34.6 Å². The third-order valence-electron chi connectivity index (χ3n) is 6.13. The Morgan fingerprint density at radius 2 is 1.58 bits per heavy atom. The predicted octanol–water partition coefficient (Wildman–Crippen LogP) is 8.04. The minimum Gasteiger partial charge on any atom is -0.251 e.